The van der Waals surface area contributed by atoms with E-state index in [4.69, 9.17) is 0 Å². The molecule has 1 fully saturated rings. The average molecular weight is 395 g/mol. The Morgan fingerprint density at radius 2 is 2.08 bits per heavy atom. The molecule has 3 rings (SSSR count). The molecule has 6 nitrogen and oxygen atoms in total. The van der Waals surface area contributed by atoms with Crippen LogP contribution in [-0.2, 0) is 16.4 Å². The molecule has 0 N–H and O–H groups in total. The van der Waals surface area contributed by atoms with Gasteiger partial charge in [0.05, 0.1) is 17.3 Å². The molecule has 1 unspecified atom stereocenters. The maximum atomic E-state index is 13.0. The summed E-state index contributed by atoms with van der Waals surface area (Å²) < 4.78 is 38.2. The summed E-state index contributed by atoms with van der Waals surface area (Å²) in [4.78, 5) is 12.2. The minimum Gasteiger partial charge on any atom is -0.302 e. The van der Waals surface area contributed by atoms with E-state index in [-0.39, 0.29) is 29.0 Å². The first-order chi connectivity index (χ1) is 12.4. The van der Waals surface area contributed by atoms with E-state index in [1.54, 1.807) is 10.6 Å². The molecule has 2 aromatic rings. The summed E-state index contributed by atoms with van der Waals surface area (Å²) in [6, 6.07) is 5.39. The molecule has 0 amide bonds. The van der Waals surface area contributed by atoms with Crippen LogP contribution < -0.4 is 0 Å². The zero-order valence-electron chi connectivity index (χ0n) is 14.0. The van der Waals surface area contributed by atoms with E-state index >= 15 is 0 Å². The first-order valence-corrected chi connectivity index (χ1v) is 10.9. The number of rotatable bonds is 7. The minimum absolute atomic E-state index is 0.0709. The highest BCUT2D eigenvalue weighted by molar-refractivity contribution is 7.99. The molecule has 9 heteroatoms. The Morgan fingerprint density at radius 3 is 2.69 bits per heavy atom. The number of aromatic nitrogens is 3. The molecule has 1 saturated heterocycles. The minimum atomic E-state index is -3.03. The highest BCUT2D eigenvalue weighted by Gasteiger charge is 2.33. The summed E-state index contributed by atoms with van der Waals surface area (Å²) in [5, 5.41) is 8.83. The summed E-state index contributed by atoms with van der Waals surface area (Å²) >= 11 is 1.22. The number of thioether (sulfide) groups is 1. The van der Waals surface area contributed by atoms with E-state index < -0.39 is 15.7 Å². The number of allylic oxidation sites excluding steroid dienone is 1. The first-order valence-electron chi connectivity index (χ1n) is 8.05. The second kappa shape index (κ2) is 7.71. The van der Waals surface area contributed by atoms with Crippen molar-refractivity contribution in [2.75, 3.05) is 17.3 Å². The predicted molar refractivity (Wildman–Crippen MR) is 97.7 cm³/mol. The van der Waals surface area contributed by atoms with Crippen LogP contribution in [0.3, 0.4) is 0 Å². The standard InChI is InChI=1S/C17H18FN3O3S2/c1-2-8-21-16(13-7-9-26(23,24)11-13)19-20-17(21)25-10-15(22)12-3-5-14(18)6-4-12/h2-6,13H,1,7-11H2. The lowest BCUT2D eigenvalue weighted by molar-refractivity contribution is 0.102. The normalized spacial score (nSPS) is 18.7. The van der Waals surface area contributed by atoms with Gasteiger partial charge in [0.2, 0.25) is 0 Å². The second-order valence-electron chi connectivity index (χ2n) is 6.06. The van der Waals surface area contributed by atoms with Gasteiger partial charge in [-0.3, -0.25) is 4.79 Å². The van der Waals surface area contributed by atoms with Gasteiger partial charge < -0.3 is 4.57 Å². The Labute approximate surface area is 155 Å². The molecule has 138 valence electrons. The van der Waals surface area contributed by atoms with Crippen molar-refractivity contribution in [3.05, 3.63) is 54.1 Å². The van der Waals surface area contributed by atoms with Gasteiger partial charge in [-0.1, -0.05) is 17.8 Å². The van der Waals surface area contributed by atoms with Gasteiger partial charge in [0.25, 0.3) is 0 Å². The molecule has 0 radical (unpaired) electrons. The third kappa shape index (κ3) is 4.21. The van der Waals surface area contributed by atoms with E-state index in [1.165, 1.54) is 36.0 Å². The van der Waals surface area contributed by atoms with Crippen molar-refractivity contribution in [3.8, 4) is 0 Å². The van der Waals surface area contributed by atoms with E-state index in [1.807, 2.05) is 0 Å². The van der Waals surface area contributed by atoms with Crippen LogP contribution in [0.25, 0.3) is 0 Å². The fourth-order valence-corrected chi connectivity index (χ4v) is 5.45. The lowest BCUT2D eigenvalue weighted by Crippen LogP contribution is -2.12. The van der Waals surface area contributed by atoms with E-state index in [0.29, 0.717) is 29.5 Å². The smallest absolute Gasteiger partial charge is 0.191 e. The van der Waals surface area contributed by atoms with Crippen LogP contribution in [0.15, 0.2) is 42.1 Å². The maximum absolute atomic E-state index is 13.0. The van der Waals surface area contributed by atoms with Crippen LogP contribution in [0.2, 0.25) is 0 Å². The highest BCUT2D eigenvalue weighted by Crippen LogP contribution is 2.30. The van der Waals surface area contributed by atoms with Gasteiger partial charge in [0.1, 0.15) is 11.6 Å². The number of carbonyl (C=O) groups is 1. The number of hydrogen-bond donors (Lipinski definition) is 0. The molecule has 26 heavy (non-hydrogen) atoms. The Kier molecular flexibility index (Phi) is 5.57. The van der Waals surface area contributed by atoms with E-state index in [9.17, 15) is 17.6 Å². The number of halogens is 1. The molecule has 1 aliphatic heterocycles. The Morgan fingerprint density at radius 1 is 1.35 bits per heavy atom. The quantitative estimate of drug-likeness (QED) is 0.407. The Bertz CT molecular complexity index is 923. The van der Waals surface area contributed by atoms with Crippen molar-refractivity contribution in [1.29, 1.82) is 0 Å². The zero-order chi connectivity index (χ0) is 18.7. The molecular formula is C17H18FN3O3S2. The molecule has 0 spiro atoms. The van der Waals surface area contributed by atoms with Gasteiger partial charge in [-0.15, -0.1) is 16.8 Å². The molecule has 0 saturated carbocycles. The topological polar surface area (TPSA) is 81.9 Å². The molecular weight excluding hydrogens is 377 g/mol. The van der Waals surface area contributed by atoms with Gasteiger partial charge >= 0.3 is 0 Å². The lowest BCUT2D eigenvalue weighted by Gasteiger charge is -2.11. The van der Waals surface area contributed by atoms with E-state index in [2.05, 4.69) is 16.8 Å². The summed E-state index contributed by atoms with van der Waals surface area (Å²) in [6.45, 7) is 4.15. The Hall–Kier alpha value is -2.00. The number of hydrogen-bond acceptors (Lipinski definition) is 6. The number of ketones is 1. The SMILES string of the molecule is C=CCn1c(SCC(=O)c2ccc(F)cc2)nnc1C1CCS(=O)(=O)C1. The largest absolute Gasteiger partial charge is 0.302 e. The van der Waals surface area contributed by atoms with Crippen LogP contribution in [0.1, 0.15) is 28.5 Å². The van der Waals surface area contributed by atoms with Crippen molar-refractivity contribution in [2.45, 2.75) is 24.0 Å². The summed E-state index contributed by atoms with van der Waals surface area (Å²) in [5.41, 5.74) is 0.427. The van der Waals surface area contributed by atoms with E-state index in [0.717, 1.165) is 0 Å². The van der Waals surface area contributed by atoms with Crippen molar-refractivity contribution in [3.63, 3.8) is 0 Å². The van der Waals surface area contributed by atoms with Crippen LogP contribution in [0.4, 0.5) is 4.39 Å². The molecule has 1 aromatic heterocycles. The average Bonchev–Trinajstić information content (AvgIpc) is 3.16. The molecule has 1 atom stereocenters. The monoisotopic (exact) mass is 395 g/mol. The number of carbonyl (C=O) groups excluding carboxylic acids is 1. The molecule has 0 bridgehead atoms. The van der Waals surface area contributed by atoms with Crippen LogP contribution in [0.5, 0.6) is 0 Å². The van der Waals surface area contributed by atoms with Crippen molar-refractivity contribution in [1.82, 2.24) is 14.8 Å². The second-order valence-corrected chi connectivity index (χ2v) is 9.23. The molecule has 2 heterocycles. The fraction of sp³-hybridized carbons (Fsp3) is 0.353. The van der Waals surface area contributed by atoms with Gasteiger partial charge in [0, 0.05) is 18.0 Å². The van der Waals surface area contributed by atoms with Crippen LogP contribution in [0, 0.1) is 5.82 Å². The Balaban J connectivity index is 1.74. The van der Waals surface area contributed by atoms with Crippen LogP contribution >= 0.6 is 11.8 Å². The summed E-state index contributed by atoms with van der Waals surface area (Å²) in [5.74, 6) is 0.247. The highest BCUT2D eigenvalue weighted by atomic mass is 32.2. The first kappa shape index (κ1) is 18.8. The van der Waals surface area contributed by atoms with Gasteiger partial charge in [-0.25, -0.2) is 12.8 Å². The third-order valence-corrected chi connectivity index (χ3v) is 6.89. The number of nitrogens with zero attached hydrogens (tertiary/aromatic N) is 3. The lowest BCUT2D eigenvalue weighted by atomic mass is 10.1. The van der Waals surface area contributed by atoms with Gasteiger partial charge in [0.15, 0.2) is 20.8 Å². The fourth-order valence-electron chi connectivity index (χ4n) is 2.86. The molecule has 1 aromatic carbocycles. The third-order valence-electron chi connectivity index (χ3n) is 4.15. The molecule has 1 aliphatic rings. The predicted octanol–water partition coefficient (Wildman–Crippen LogP) is 2.48. The van der Waals surface area contributed by atoms with Crippen molar-refractivity contribution in [2.24, 2.45) is 0 Å². The van der Waals surface area contributed by atoms with Crippen molar-refractivity contribution >= 4 is 27.4 Å². The van der Waals surface area contributed by atoms with Gasteiger partial charge in [-0.2, -0.15) is 0 Å². The zero-order valence-corrected chi connectivity index (χ0v) is 15.6. The summed E-state index contributed by atoms with van der Waals surface area (Å²) in [7, 11) is -3.03. The molecule has 0 aliphatic carbocycles. The number of Topliss-reactive ketones (excluding diaryl/α,β-unsaturated/α-hetero) is 1. The number of sulfone groups is 1. The van der Waals surface area contributed by atoms with Crippen molar-refractivity contribution < 1.29 is 17.6 Å². The maximum Gasteiger partial charge on any atom is 0.191 e. The van der Waals surface area contributed by atoms with Crippen LogP contribution in [-0.4, -0.2) is 46.2 Å². The number of benzene rings is 1. The van der Waals surface area contributed by atoms with Gasteiger partial charge in [-0.05, 0) is 30.7 Å². The summed E-state index contributed by atoms with van der Waals surface area (Å²) in [6.07, 6.45) is 2.21.